The summed E-state index contributed by atoms with van der Waals surface area (Å²) in [6.45, 7) is 6.99. The molecule has 0 aromatic carbocycles. The van der Waals surface area contributed by atoms with E-state index in [9.17, 15) is 4.79 Å². The van der Waals surface area contributed by atoms with Gasteiger partial charge in [-0.25, -0.2) is 9.78 Å². The van der Waals surface area contributed by atoms with Gasteiger partial charge in [-0.15, -0.1) is 0 Å². The quantitative estimate of drug-likeness (QED) is 0.854. The molecule has 0 atom stereocenters. The molecule has 1 aliphatic rings. The summed E-state index contributed by atoms with van der Waals surface area (Å²) < 4.78 is 5.01. The Hall–Kier alpha value is -1.86. The van der Waals surface area contributed by atoms with E-state index in [-0.39, 0.29) is 5.97 Å². The predicted octanol–water partition coefficient (Wildman–Crippen LogP) is 1.97. The van der Waals surface area contributed by atoms with Crippen molar-refractivity contribution in [3.63, 3.8) is 0 Å². The molecule has 1 saturated heterocycles. The number of H-pyrrole nitrogens is 1. The van der Waals surface area contributed by atoms with Gasteiger partial charge in [-0.2, -0.15) is 0 Å². The number of rotatable bonds is 5. The zero-order valence-corrected chi connectivity index (χ0v) is 13.4. The summed E-state index contributed by atoms with van der Waals surface area (Å²) in [5.41, 5.74) is 1.24. The molecule has 6 nitrogen and oxygen atoms in total. The number of carbonyl (C=O) groups excluding carboxylic acids is 1. The summed E-state index contributed by atoms with van der Waals surface area (Å²) in [4.78, 5) is 24.5. The van der Waals surface area contributed by atoms with Crippen LogP contribution >= 0.6 is 11.3 Å². The van der Waals surface area contributed by atoms with Crippen molar-refractivity contribution in [3.05, 3.63) is 35.1 Å². The first-order chi connectivity index (χ1) is 10.8. The number of thiazole rings is 1. The van der Waals surface area contributed by atoms with Crippen LogP contribution in [0.4, 0.5) is 5.13 Å². The Labute approximate surface area is 133 Å². The normalized spacial score (nSPS) is 16.0. The third-order valence-electron chi connectivity index (χ3n) is 3.67. The topological polar surface area (TPSA) is 61.5 Å². The molecule has 1 aliphatic heterocycles. The molecule has 0 spiro atoms. The zero-order chi connectivity index (χ0) is 15.4. The average molecular weight is 320 g/mol. The molecule has 1 fully saturated rings. The second-order valence-electron chi connectivity index (χ2n) is 5.19. The highest BCUT2D eigenvalue weighted by Crippen LogP contribution is 2.24. The summed E-state index contributed by atoms with van der Waals surface area (Å²) in [6, 6.07) is 4.14. The molecule has 0 radical (unpaired) electrons. The summed E-state index contributed by atoms with van der Waals surface area (Å²) >= 11 is 1.41. The third kappa shape index (κ3) is 3.48. The van der Waals surface area contributed by atoms with Crippen LogP contribution in [0.5, 0.6) is 0 Å². The Bertz CT molecular complexity index is 603. The van der Waals surface area contributed by atoms with Crippen LogP contribution < -0.4 is 4.90 Å². The number of anilines is 1. The van der Waals surface area contributed by atoms with E-state index >= 15 is 0 Å². The summed E-state index contributed by atoms with van der Waals surface area (Å²) in [6.07, 6.45) is 3.57. The van der Waals surface area contributed by atoms with Crippen LogP contribution in [-0.4, -0.2) is 53.6 Å². The summed E-state index contributed by atoms with van der Waals surface area (Å²) in [5.74, 6) is -0.281. The average Bonchev–Trinajstić information content (AvgIpc) is 3.19. The minimum Gasteiger partial charge on any atom is -0.462 e. The highest BCUT2D eigenvalue weighted by Gasteiger charge is 2.21. The van der Waals surface area contributed by atoms with Crippen LogP contribution in [0.15, 0.2) is 24.5 Å². The van der Waals surface area contributed by atoms with Crippen LogP contribution in [0.25, 0.3) is 0 Å². The van der Waals surface area contributed by atoms with Crippen molar-refractivity contribution >= 4 is 22.4 Å². The van der Waals surface area contributed by atoms with Crippen molar-refractivity contribution in [1.29, 1.82) is 0 Å². The van der Waals surface area contributed by atoms with E-state index in [0.717, 1.165) is 37.9 Å². The van der Waals surface area contributed by atoms with Crippen LogP contribution in [0.1, 0.15) is 22.3 Å². The largest absolute Gasteiger partial charge is 0.462 e. The molecule has 7 heteroatoms. The number of esters is 1. The smallest absolute Gasteiger partial charge is 0.350 e. The molecule has 2 aromatic rings. The van der Waals surface area contributed by atoms with Gasteiger partial charge in [-0.05, 0) is 19.1 Å². The molecule has 118 valence electrons. The van der Waals surface area contributed by atoms with Crippen molar-refractivity contribution in [2.24, 2.45) is 0 Å². The maximum atomic E-state index is 11.7. The molecular weight excluding hydrogens is 300 g/mol. The lowest BCUT2D eigenvalue weighted by atomic mass is 10.3. The van der Waals surface area contributed by atoms with E-state index in [1.807, 2.05) is 19.2 Å². The Kier molecular flexibility index (Phi) is 4.74. The molecule has 2 aromatic heterocycles. The van der Waals surface area contributed by atoms with Gasteiger partial charge in [0.2, 0.25) is 0 Å². The summed E-state index contributed by atoms with van der Waals surface area (Å²) in [5, 5.41) is 0.905. The fraction of sp³-hybridized carbons (Fsp3) is 0.467. The van der Waals surface area contributed by atoms with E-state index < -0.39 is 0 Å². The second-order valence-corrected chi connectivity index (χ2v) is 6.20. The summed E-state index contributed by atoms with van der Waals surface area (Å²) in [7, 11) is 0. The molecule has 0 bridgehead atoms. The van der Waals surface area contributed by atoms with Crippen molar-refractivity contribution in [3.8, 4) is 0 Å². The number of carbonyl (C=O) groups is 1. The Morgan fingerprint density at radius 1 is 1.41 bits per heavy atom. The highest BCUT2D eigenvalue weighted by molar-refractivity contribution is 7.17. The van der Waals surface area contributed by atoms with Gasteiger partial charge in [0, 0.05) is 44.6 Å². The monoisotopic (exact) mass is 320 g/mol. The van der Waals surface area contributed by atoms with Gasteiger partial charge in [0.1, 0.15) is 4.88 Å². The lowest BCUT2D eigenvalue weighted by molar-refractivity contribution is 0.0532. The molecule has 0 unspecified atom stereocenters. The second kappa shape index (κ2) is 6.93. The van der Waals surface area contributed by atoms with Gasteiger partial charge in [-0.3, -0.25) is 4.90 Å². The van der Waals surface area contributed by atoms with Crippen LogP contribution in [0.3, 0.4) is 0 Å². The molecule has 0 aliphatic carbocycles. The third-order valence-corrected chi connectivity index (χ3v) is 4.71. The van der Waals surface area contributed by atoms with Crippen molar-refractivity contribution in [2.75, 3.05) is 37.7 Å². The Morgan fingerprint density at radius 2 is 2.23 bits per heavy atom. The van der Waals surface area contributed by atoms with E-state index in [0.29, 0.717) is 11.5 Å². The predicted molar refractivity (Wildman–Crippen MR) is 86.4 cm³/mol. The van der Waals surface area contributed by atoms with Gasteiger partial charge < -0.3 is 14.6 Å². The first-order valence-electron chi connectivity index (χ1n) is 7.49. The first kappa shape index (κ1) is 15.1. The van der Waals surface area contributed by atoms with Gasteiger partial charge in [-0.1, -0.05) is 11.3 Å². The van der Waals surface area contributed by atoms with Crippen LogP contribution in [0, 0.1) is 0 Å². The van der Waals surface area contributed by atoms with Crippen LogP contribution in [-0.2, 0) is 11.3 Å². The minimum atomic E-state index is -0.281. The first-order valence-corrected chi connectivity index (χ1v) is 8.30. The maximum absolute atomic E-state index is 11.7. The number of aromatic nitrogens is 2. The lowest BCUT2D eigenvalue weighted by Gasteiger charge is -2.34. The lowest BCUT2D eigenvalue weighted by Crippen LogP contribution is -2.45. The van der Waals surface area contributed by atoms with Gasteiger partial charge in [0.05, 0.1) is 12.8 Å². The molecule has 1 N–H and O–H groups in total. The van der Waals surface area contributed by atoms with Crippen molar-refractivity contribution in [1.82, 2.24) is 14.9 Å². The SMILES string of the molecule is CCOC(=O)c1cnc(N2CCN(Cc3ccc[nH]3)CC2)s1. The number of hydrogen-bond donors (Lipinski definition) is 1. The van der Waals surface area contributed by atoms with E-state index in [1.165, 1.54) is 17.0 Å². The number of nitrogens with zero attached hydrogens (tertiary/aromatic N) is 3. The van der Waals surface area contributed by atoms with E-state index in [2.05, 4.69) is 25.8 Å². The molecule has 0 saturated carbocycles. The van der Waals surface area contributed by atoms with Crippen LogP contribution in [0.2, 0.25) is 0 Å². The molecule has 3 rings (SSSR count). The zero-order valence-electron chi connectivity index (χ0n) is 12.6. The standard InChI is InChI=1S/C15H20N4O2S/c1-2-21-14(20)13-10-17-15(22-13)19-8-6-18(7-9-19)11-12-4-3-5-16-12/h3-5,10,16H,2,6-9,11H2,1H3. The molecule has 3 heterocycles. The number of hydrogen-bond acceptors (Lipinski definition) is 6. The maximum Gasteiger partial charge on any atom is 0.350 e. The number of ether oxygens (including phenoxy) is 1. The molecule has 0 amide bonds. The van der Waals surface area contributed by atoms with E-state index in [1.54, 1.807) is 6.20 Å². The molecule has 22 heavy (non-hydrogen) atoms. The highest BCUT2D eigenvalue weighted by atomic mass is 32.1. The number of aromatic amines is 1. The van der Waals surface area contributed by atoms with Gasteiger partial charge in [0.15, 0.2) is 5.13 Å². The fourth-order valence-corrected chi connectivity index (χ4v) is 3.37. The van der Waals surface area contributed by atoms with Crippen molar-refractivity contribution in [2.45, 2.75) is 13.5 Å². The number of nitrogens with one attached hydrogen (secondary N) is 1. The molecular formula is C15H20N4O2S. The fourth-order valence-electron chi connectivity index (χ4n) is 2.51. The number of piperazine rings is 1. The minimum absolute atomic E-state index is 0.281. The Morgan fingerprint density at radius 3 is 2.91 bits per heavy atom. The van der Waals surface area contributed by atoms with Gasteiger partial charge in [0.25, 0.3) is 0 Å². The Balaban J connectivity index is 1.54. The van der Waals surface area contributed by atoms with Crippen molar-refractivity contribution < 1.29 is 9.53 Å². The van der Waals surface area contributed by atoms with E-state index in [4.69, 9.17) is 4.74 Å². The van der Waals surface area contributed by atoms with Gasteiger partial charge >= 0.3 is 5.97 Å².